The van der Waals surface area contributed by atoms with Gasteiger partial charge < -0.3 is 5.32 Å². The highest BCUT2D eigenvalue weighted by molar-refractivity contribution is 8.14. The summed E-state index contributed by atoms with van der Waals surface area (Å²) in [5.41, 5.74) is 1.16. The van der Waals surface area contributed by atoms with Gasteiger partial charge in [-0.15, -0.1) is 0 Å². The van der Waals surface area contributed by atoms with E-state index in [1.54, 1.807) is 0 Å². The SMILES string of the molecule is O=C1SCC[C@H]1NCc1ccc(Cl)cc1. The molecule has 0 unspecified atom stereocenters. The average Bonchev–Trinajstić information content (AvgIpc) is 2.63. The maximum absolute atomic E-state index is 11.3. The Bertz CT molecular complexity index is 352. The van der Waals surface area contributed by atoms with Gasteiger partial charge in [-0.2, -0.15) is 0 Å². The Labute approximate surface area is 98.4 Å². The van der Waals surface area contributed by atoms with E-state index in [9.17, 15) is 4.79 Å². The maximum atomic E-state index is 11.3. The Kier molecular flexibility index (Phi) is 3.67. The molecule has 1 aliphatic rings. The van der Waals surface area contributed by atoms with Crippen molar-refractivity contribution < 1.29 is 4.79 Å². The van der Waals surface area contributed by atoms with E-state index >= 15 is 0 Å². The molecule has 80 valence electrons. The molecule has 2 nitrogen and oxygen atoms in total. The van der Waals surface area contributed by atoms with Crippen molar-refractivity contribution in [2.24, 2.45) is 0 Å². The van der Waals surface area contributed by atoms with Crippen molar-refractivity contribution in [3.63, 3.8) is 0 Å². The number of carbonyl (C=O) groups excluding carboxylic acids is 1. The molecule has 1 aromatic carbocycles. The van der Waals surface area contributed by atoms with Gasteiger partial charge in [-0.25, -0.2) is 0 Å². The summed E-state index contributed by atoms with van der Waals surface area (Å²) < 4.78 is 0. The monoisotopic (exact) mass is 241 g/mol. The molecule has 1 aromatic rings. The van der Waals surface area contributed by atoms with Crippen molar-refractivity contribution >= 4 is 28.5 Å². The fraction of sp³-hybridized carbons (Fsp3) is 0.364. The molecule has 1 fully saturated rings. The van der Waals surface area contributed by atoms with E-state index in [0.717, 1.165) is 29.3 Å². The predicted molar refractivity (Wildman–Crippen MR) is 64.2 cm³/mol. The lowest BCUT2D eigenvalue weighted by Gasteiger charge is -2.09. The standard InChI is InChI=1S/C11H12ClNOS/c12-9-3-1-8(2-4-9)7-13-10-5-6-15-11(10)14/h1-4,10,13H,5-7H2/t10-/m1/s1. The van der Waals surface area contributed by atoms with Crippen molar-refractivity contribution in [2.75, 3.05) is 5.75 Å². The number of rotatable bonds is 3. The van der Waals surface area contributed by atoms with Crippen LogP contribution in [0.5, 0.6) is 0 Å². The van der Waals surface area contributed by atoms with E-state index in [-0.39, 0.29) is 11.2 Å². The Morgan fingerprint density at radius 2 is 2.13 bits per heavy atom. The zero-order valence-electron chi connectivity index (χ0n) is 8.20. The highest BCUT2D eigenvalue weighted by atomic mass is 35.5. The Morgan fingerprint density at radius 3 is 2.73 bits per heavy atom. The van der Waals surface area contributed by atoms with Gasteiger partial charge >= 0.3 is 0 Å². The van der Waals surface area contributed by atoms with Crippen molar-refractivity contribution in [1.82, 2.24) is 5.32 Å². The van der Waals surface area contributed by atoms with E-state index in [1.165, 1.54) is 11.8 Å². The molecule has 0 aliphatic carbocycles. The number of hydrogen-bond acceptors (Lipinski definition) is 3. The summed E-state index contributed by atoms with van der Waals surface area (Å²) in [5, 5.41) is 4.26. The number of halogens is 1. The van der Waals surface area contributed by atoms with Crippen LogP contribution < -0.4 is 5.32 Å². The highest BCUT2D eigenvalue weighted by Gasteiger charge is 2.24. The second kappa shape index (κ2) is 5.01. The quantitative estimate of drug-likeness (QED) is 0.882. The molecule has 0 spiro atoms. The van der Waals surface area contributed by atoms with Crippen LogP contribution in [0.4, 0.5) is 0 Å². The van der Waals surface area contributed by atoms with Gasteiger partial charge in [0.25, 0.3) is 0 Å². The van der Waals surface area contributed by atoms with Gasteiger partial charge in [0.1, 0.15) is 0 Å². The van der Waals surface area contributed by atoms with Crippen LogP contribution in [-0.4, -0.2) is 16.9 Å². The third kappa shape index (κ3) is 2.97. The molecule has 2 rings (SSSR count). The Hall–Kier alpha value is -0.510. The van der Waals surface area contributed by atoms with Crippen molar-refractivity contribution in [3.8, 4) is 0 Å². The van der Waals surface area contributed by atoms with E-state index in [1.807, 2.05) is 24.3 Å². The van der Waals surface area contributed by atoms with Crippen LogP contribution in [0.1, 0.15) is 12.0 Å². The van der Waals surface area contributed by atoms with Crippen molar-refractivity contribution in [3.05, 3.63) is 34.9 Å². The van der Waals surface area contributed by atoms with Crippen LogP contribution in [0.25, 0.3) is 0 Å². The van der Waals surface area contributed by atoms with Gasteiger partial charge in [-0.1, -0.05) is 35.5 Å². The minimum absolute atomic E-state index is 0.0330. The molecule has 1 atom stereocenters. The number of hydrogen-bond donors (Lipinski definition) is 1. The molecule has 0 amide bonds. The lowest BCUT2D eigenvalue weighted by Crippen LogP contribution is -2.31. The summed E-state index contributed by atoms with van der Waals surface area (Å²) in [4.78, 5) is 11.3. The molecular weight excluding hydrogens is 230 g/mol. The summed E-state index contributed by atoms with van der Waals surface area (Å²) in [6, 6.07) is 7.71. The molecule has 1 aliphatic heterocycles. The van der Waals surface area contributed by atoms with E-state index in [4.69, 9.17) is 11.6 Å². The summed E-state index contributed by atoms with van der Waals surface area (Å²) >= 11 is 7.20. The van der Waals surface area contributed by atoms with Crippen LogP contribution in [0.3, 0.4) is 0 Å². The summed E-state index contributed by atoms with van der Waals surface area (Å²) in [7, 11) is 0. The van der Waals surface area contributed by atoms with Gasteiger partial charge in [-0.05, 0) is 24.1 Å². The highest BCUT2D eigenvalue weighted by Crippen LogP contribution is 2.19. The fourth-order valence-corrected chi connectivity index (χ4v) is 2.61. The maximum Gasteiger partial charge on any atom is 0.205 e. The van der Waals surface area contributed by atoms with Gasteiger partial charge in [0.15, 0.2) is 0 Å². The van der Waals surface area contributed by atoms with E-state index in [2.05, 4.69) is 5.32 Å². The zero-order valence-corrected chi connectivity index (χ0v) is 9.77. The van der Waals surface area contributed by atoms with Gasteiger partial charge in [-0.3, -0.25) is 4.79 Å². The normalized spacial score (nSPS) is 20.9. The van der Waals surface area contributed by atoms with Crippen LogP contribution in [-0.2, 0) is 11.3 Å². The molecule has 0 radical (unpaired) electrons. The minimum Gasteiger partial charge on any atom is -0.303 e. The van der Waals surface area contributed by atoms with Gasteiger partial charge in [0, 0.05) is 17.3 Å². The minimum atomic E-state index is 0.0330. The molecule has 1 N–H and O–H groups in total. The van der Waals surface area contributed by atoms with Gasteiger partial charge in [0.05, 0.1) is 6.04 Å². The first-order chi connectivity index (χ1) is 7.25. The number of benzene rings is 1. The Morgan fingerprint density at radius 1 is 1.40 bits per heavy atom. The molecule has 1 heterocycles. The molecule has 15 heavy (non-hydrogen) atoms. The third-order valence-electron chi connectivity index (χ3n) is 2.40. The lowest BCUT2D eigenvalue weighted by molar-refractivity contribution is -0.112. The second-order valence-electron chi connectivity index (χ2n) is 3.52. The Balaban J connectivity index is 1.87. The van der Waals surface area contributed by atoms with Crippen LogP contribution in [0.2, 0.25) is 5.02 Å². The topological polar surface area (TPSA) is 29.1 Å². The average molecular weight is 242 g/mol. The van der Waals surface area contributed by atoms with Gasteiger partial charge in [0.2, 0.25) is 5.12 Å². The third-order valence-corrected chi connectivity index (χ3v) is 3.66. The molecule has 0 aromatic heterocycles. The smallest absolute Gasteiger partial charge is 0.205 e. The number of nitrogens with one attached hydrogen (secondary N) is 1. The zero-order chi connectivity index (χ0) is 10.7. The first-order valence-corrected chi connectivity index (χ1v) is 6.26. The predicted octanol–water partition coefficient (Wildman–Crippen LogP) is 2.46. The summed E-state index contributed by atoms with van der Waals surface area (Å²) in [6.45, 7) is 0.730. The largest absolute Gasteiger partial charge is 0.303 e. The molecule has 0 saturated carbocycles. The van der Waals surface area contributed by atoms with Crippen LogP contribution >= 0.6 is 23.4 Å². The molecule has 4 heteroatoms. The molecule has 1 saturated heterocycles. The first-order valence-electron chi connectivity index (χ1n) is 4.90. The molecule has 0 bridgehead atoms. The summed E-state index contributed by atoms with van der Waals surface area (Å²) in [5.74, 6) is 0.942. The summed E-state index contributed by atoms with van der Waals surface area (Å²) in [6.07, 6.45) is 0.942. The lowest BCUT2D eigenvalue weighted by atomic mass is 10.2. The fourth-order valence-electron chi connectivity index (χ4n) is 1.52. The van der Waals surface area contributed by atoms with Crippen LogP contribution in [0, 0.1) is 0 Å². The van der Waals surface area contributed by atoms with Crippen LogP contribution in [0.15, 0.2) is 24.3 Å². The van der Waals surface area contributed by atoms with E-state index in [0.29, 0.717) is 0 Å². The first kappa shape index (κ1) is 11.0. The molecular formula is C11H12ClNOS. The second-order valence-corrected chi connectivity index (χ2v) is 5.05. The van der Waals surface area contributed by atoms with Crippen molar-refractivity contribution in [1.29, 1.82) is 0 Å². The van der Waals surface area contributed by atoms with Crippen molar-refractivity contribution in [2.45, 2.75) is 19.0 Å². The number of thioether (sulfide) groups is 1. The van der Waals surface area contributed by atoms with E-state index < -0.39 is 0 Å². The number of carbonyl (C=O) groups is 1.